The van der Waals surface area contributed by atoms with Gasteiger partial charge in [0.15, 0.2) is 21.2 Å². The van der Waals surface area contributed by atoms with Crippen molar-refractivity contribution >= 4 is 44.8 Å². The van der Waals surface area contributed by atoms with E-state index in [1.807, 2.05) is 0 Å². The van der Waals surface area contributed by atoms with Crippen molar-refractivity contribution in [1.29, 1.82) is 0 Å². The predicted octanol–water partition coefficient (Wildman–Crippen LogP) is 4.40. The summed E-state index contributed by atoms with van der Waals surface area (Å²) in [6.07, 6.45) is 5.94. The second-order valence-corrected chi connectivity index (χ2v) is 12.2. The van der Waals surface area contributed by atoms with Crippen LogP contribution in [0.1, 0.15) is 39.5 Å². The highest BCUT2D eigenvalue weighted by Crippen LogP contribution is 2.39. The van der Waals surface area contributed by atoms with Crippen molar-refractivity contribution in [2.75, 3.05) is 11.2 Å². The lowest BCUT2D eigenvalue weighted by Gasteiger charge is -2.40. The van der Waals surface area contributed by atoms with Gasteiger partial charge < -0.3 is 15.0 Å². The second kappa shape index (κ2) is 9.17. The molecule has 0 radical (unpaired) electrons. The van der Waals surface area contributed by atoms with Gasteiger partial charge in [-0.25, -0.2) is 17.8 Å². The molecule has 4 rings (SSSR count). The molecule has 2 saturated heterocycles. The smallest absolute Gasteiger partial charge is 0.263 e. The fraction of sp³-hybridized carbons (Fsp3) is 0.478. The Bertz CT molecular complexity index is 1170. The Morgan fingerprint density at radius 2 is 1.76 bits per heavy atom. The number of hydrogen-bond donors (Lipinski definition) is 1. The molecule has 34 heavy (non-hydrogen) atoms. The zero-order chi connectivity index (χ0) is 24.8. The molecule has 2 aromatic rings. The number of sulfone groups is 1. The molecule has 1 unspecified atom stereocenters. The van der Waals surface area contributed by atoms with E-state index in [1.165, 1.54) is 6.20 Å². The normalized spacial score (nSPS) is 22.5. The summed E-state index contributed by atoms with van der Waals surface area (Å²) in [7, 11) is -3.30. The molecule has 7 nitrogen and oxygen atoms in total. The van der Waals surface area contributed by atoms with Crippen LogP contribution in [0.2, 0.25) is 10.0 Å². The zero-order valence-corrected chi connectivity index (χ0v) is 21.3. The lowest BCUT2D eigenvalue weighted by Crippen LogP contribution is -2.55. The first-order chi connectivity index (χ1) is 15.8. The molecule has 2 fully saturated rings. The van der Waals surface area contributed by atoms with Crippen molar-refractivity contribution in [3.8, 4) is 5.75 Å². The van der Waals surface area contributed by atoms with Gasteiger partial charge in [0, 0.05) is 30.6 Å². The largest absolute Gasteiger partial charge is 0.475 e. The van der Waals surface area contributed by atoms with Gasteiger partial charge in [-0.05, 0) is 63.8 Å². The number of carbonyl (C=O) groups is 1. The summed E-state index contributed by atoms with van der Waals surface area (Å²) in [6.45, 7) is 3.21. The Morgan fingerprint density at radius 3 is 2.26 bits per heavy atom. The Balaban J connectivity index is 1.42. The van der Waals surface area contributed by atoms with Gasteiger partial charge in [0.2, 0.25) is 0 Å². The van der Waals surface area contributed by atoms with E-state index < -0.39 is 21.3 Å². The number of rotatable bonds is 6. The van der Waals surface area contributed by atoms with Crippen molar-refractivity contribution in [1.82, 2.24) is 10.3 Å². The highest BCUT2D eigenvalue weighted by atomic mass is 35.5. The van der Waals surface area contributed by atoms with E-state index in [9.17, 15) is 17.6 Å². The van der Waals surface area contributed by atoms with Crippen LogP contribution in [-0.4, -0.2) is 49.3 Å². The van der Waals surface area contributed by atoms with E-state index in [4.69, 9.17) is 27.9 Å². The standard InChI is InChI=1S/C23H26Cl2FN3O4S/c1-23(2,33-21-18(24)8-13(26)9-19(21)25)22(30)28-14-10-15-4-5-16(11-14)29(15)20-7-6-17(12-27-20)34(3,31)32/h6-9,12,14-16H,4-5,10-11H2,1-3H3,(H,28,30)/t14?,15-,16+. The van der Waals surface area contributed by atoms with Crippen LogP contribution in [0.25, 0.3) is 0 Å². The fourth-order valence-corrected chi connectivity index (χ4v) is 5.80. The molecule has 3 heterocycles. The molecule has 1 amide bonds. The fourth-order valence-electron chi connectivity index (χ4n) is 4.70. The molecule has 3 atom stereocenters. The summed E-state index contributed by atoms with van der Waals surface area (Å²) in [4.78, 5) is 19.9. The van der Waals surface area contributed by atoms with E-state index in [-0.39, 0.29) is 44.7 Å². The molecule has 11 heteroatoms. The summed E-state index contributed by atoms with van der Waals surface area (Å²) < 4.78 is 42.7. The van der Waals surface area contributed by atoms with E-state index in [0.717, 1.165) is 49.9 Å². The second-order valence-electron chi connectivity index (χ2n) is 9.37. The molecule has 2 bridgehead atoms. The average Bonchev–Trinajstić information content (AvgIpc) is 3.00. The number of halogens is 3. The third kappa shape index (κ3) is 5.11. The van der Waals surface area contributed by atoms with Crippen LogP contribution in [0, 0.1) is 5.82 Å². The highest BCUT2D eigenvalue weighted by molar-refractivity contribution is 7.90. The first kappa shape index (κ1) is 25.0. The zero-order valence-electron chi connectivity index (χ0n) is 19.0. The van der Waals surface area contributed by atoms with Gasteiger partial charge in [0.05, 0.1) is 14.9 Å². The van der Waals surface area contributed by atoms with E-state index >= 15 is 0 Å². The monoisotopic (exact) mass is 529 g/mol. The molecule has 2 aliphatic rings. The molecule has 1 aromatic heterocycles. The van der Waals surface area contributed by atoms with Crippen LogP contribution in [0.4, 0.5) is 10.2 Å². The summed E-state index contributed by atoms with van der Waals surface area (Å²) in [5.41, 5.74) is -1.29. The third-order valence-electron chi connectivity index (χ3n) is 6.35. The lowest BCUT2D eigenvalue weighted by atomic mass is 9.96. The van der Waals surface area contributed by atoms with Crippen molar-refractivity contribution in [2.45, 2.75) is 68.2 Å². The minimum Gasteiger partial charge on any atom is -0.475 e. The number of nitrogens with one attached hydrogen (secondary N) is 1. The van der Waals surface area contributed by atoms with Gasteiger partial charge >= 0.3 is 0 Å². The number of ether oxygens (including phenoxy) is 1. The number of aromatic nitrogens is 1. The van der Waals surface area contributed by atoms with Gasteiger partial charge in [-0.2, -0.15) is 0 Å². The number of carbonyl (C=O) groups excluding carboxylic acids is 1. The van der Waals surface area contributed by atoms with Crippen molar-refractivity contribution in [2.24, 2.45) is 0 Å². The Labute approximate surface area is 208 Å². The summed E-state index contributed by atoms with van der Waals surface area (Å²) in [5.74, 6) is -0.109. The number of anilines is 1. The molecule has 0 aliphatic carbocycles. The maximum atomic E-state index is 13.5. The molecule has 184 valence electrons. The lowest BCUT2D eigenvalue weighted by molar-refractivity contribution is -0.135. The average molecular weight is 530 g/mol. The Morgan fingerprint density at radius 1 is 1.18 bits per heavy atom. The highest BCUT2D eigenvalue weighted by Gasteiger charge is 2.43. The van der Waals surface area contributed by atoms with Crippen LogP contribution in [-0.2, 0) is 14.6 Å². The van der Waals surface area contributed by atoms with E-state index in [0.29, 0.717) is 0 Å². The molecular formula is C23H26Cl2FN3O4S. The Hall–Kier alpha value is -2.10. The molecule has 0 saturated carbocycles. The van der Waals surface area contributed by atoms with Crippen LogP contribution < -0.4 is 15.0 Å². The van der Waals surface area contributed by atoms with Crippen LogP contribution >= 0.6 is 23.2 Å². The molecule has 2 aliphatic heterocycles. The summed E-state index contributed by atoms with van der Waals surface area (Å²) >= 11 is 12.1. The number of benzene rings is 1. The summed E-state index contributed by atoms with van der Waals surface area (Å²) in [5, 5.41) is 3.07. The van der Waals surface area contributed by atoms with Gasteiger partial charge in [0.1, 0.15) is 11.6 Å². The number of hydrogen-bond acceptors (Lipinski definition) is 6. The van der Waals surface area contributed by atoms with Gasteiger partial charge in [0.25, 0.3) is 5.91 Å². The summed E-state index contributed by atoms with van der Waals surface area (Å²) in [6, 6.07) is 5.81. The maximum absolute atomic E-state index is 13.5. The van der Waals surface area contributed by atoms with E-state index in [2.05, 4.69) is 15.2 Å². The number of nitrogens with zero attached hydrogens (tertiary/aromatic N) is 2. The minimum atomic E-state index is -3.30. The predicted molar refractivity (Wildman–Crippen MR) is 129 cm³/mol. The molecule has 0 spiro atoms. The van der Waals surface area contributed by atoms with Gasteiger partial charge in [-0.1, -0.05) is 23.2 Å². The number of piperidine rings is 1. The van der Waals surface area contributed by atoms with Crippen LogP contribution in [0.15, 0.2) is 35.4 Å². The number of pyridine rings is 1. The topological polar surface area (TPSA) is 88.6 Å². The van der Waals surface area contributed by atoms with Crippen LogP contribution in [0.5, 0.6) is 5.75 Å². The SMILES string of the molecule is CC(C)(Oc1c(Cl)cc(F)cc1Cl)C(=O)NC1C[C@H]2CC[C@@H](C1)N2c1ccc(S(C)(=O)=O)cn1. The maximum Gasteiger partial charge on any atom is 0.263 e. The molecule has 1 N–H and O–H groups in total. The van der Waals surface area contributed by atoms with Gasteiger partial charge in [-0.15, -0.1) is 0 Å². The molecule has 1 aromatic carbocycles. The van der Waals surface area contributed by atoms with E-state index in [1.54, 1.807) is 26.0 Å². The number of amides is 1. The molecular weight excluding hydrogens is 504 g/mol. The number of fused-ring (bicyclic) bond motifs is 2. The van der Waals surface area contributed by atoms with Crippen LogP contribution in [0.3, 0.4) is 0 Å². The third-order valence-corrected chi connectivity index (χ3v) is 8.01. The quantitative estimate of drug-likeness (QED) is 0.596. The first-order valence-corrected chi connectivity index (χ1v) is 13.6. The van der Waals surface area contributed by atoms with Crippen molar-refractivity contribution < 1.29 is 22.3 Å². The minimum absolute atomic E-state index is 0.00776. The first-order valence-electron chi connectivity index (χ1n) is 10.9. The van der Waals surface area contributed by atoms with Crippen molar-refractivity contribution in [3.05, 3.63) is 46.3 Å². The Kier molecular flexibility index (Phi) is 6.74. The van der Waals surface area contributed by atoms with Crippen molar-refractivity contribution in [3.63, 3.8) is 0 Å². The van der Waals surface area contributed by atoms with Gasteiger partial charge in [-0.3, -0.25) is 4.79 Å².